The van der Waals surface area contributed by atoms with Crippen LogP contribution < -0.4 is 0 Å². The molecule has 3 aromatic heterocycles. The Morgan fingerprint density at radius 1 is 1.25 bits per heavy atom. The minimum atomic E-state index is -0.555. The van der Waals surface area contributed by atoms with Crippen molar-refractivity contribution in [2.24, 2.45) is 0 Å². The first-order chi connectivity index (χ1) is 11.6. The molecule has 0 aliphatic rings. The second-order valence-corrected chi connectivity index (χ2v) is 5.70. The highest BCUT2D eigenvalue weighted by Crippen LogP contribution is 2.28. The summed E-state index contributed by atoms with van der Waals surface area (Å²) in [4.78, 5) is 4.67. The Bertz CT molecular complexity index is 996. The number of H-pyrrole nitrogens is 2. The van der Waals surface area contributed by atoms with E-state index in [1.165, 1.54) is 0 Å². The van der Waals surface area contributed by atoms with Crippen molar-refractivity contribution in [1.82, 2.24) is 40.4 Å². The van der Waals surface area contributed by atoms with Gasteiger partial charge in [0.1, 0.15) is 11.0 Å². The van der Waals surface area contributed by atoms with Gasteiger partial charge in [0.05, 0.1) is 24.4 Å². The summed E-state index contributed by atoms with van der Waals surface area (Å²) in [7, 11) is 0. The zero-order valence-electron chi connectivity index (χ0n) is 13.2. The molecule has 3 N–H and O–H groups in total. The Morgan fingerprint density at radius 3 is 2.88 bits per heavy atom. The highest BCUT2D eigenvalue weighted by Gasteiger charge is 2.19. The predicted molar refractivity (Wildman–Crippen MR) is 86.9 cm³/mol. The van der Waals surface area contributed by atoms with Gasteiger partial charge >= 0.3 is 0 Å². The van der Waals surface area contributed by atoms with Gasteiger partial charge in [-0.1, -0.05) is 6.07 Å². The van der Waals surface area contributed by atoms with Crippen molar-refractivity contribution in [3.63, 3.8) is 0 Å². The Kier molecular flexibility index (Phi) is 3.35. The van der Waals surface area contributed by atoms with Crippen molar-refractivity contribution in [1.29, 1.82) is 0 Å². The first-order valence-electron chi connectivity index (χ1n) is 7.56. The quantitative estimate of drug-likeness (QED) is 0.520. The summed E-state index contributed by atoms with van der Waals surface area (Å²) in [5.74, 6) is 1.18. The second kappa shape index (κ2) is 5.53. The third-order valence-electron chi connectivity index (χ3n) is 3.77. The number of aliphatic hydroxyl groups excluding tert-OH is 1. The van der Waals surface area contributed by atoms with Crippen LogP contribution in [0.2, 0.25) is 0 Å². The number of aromatic amines is 2. The fraction of sp³-hybridized carbons (Fsp3) is 0.267. The molecule has 9 heteroatoms. The molecule has 0 spiro atoms. The van der Waals surface area contributed by atoms with E-state index in [9.17, 15) is 5.11 Å². The lowest BCUT2D eigenvalue weighted by molar-refractivity contribution is 0.169. The molecule has 0 fully saturated rings. The van der Waals surface area contributed by atoms with Crippen molar-refractivity contribution < 1.29 is 5.11 Å². The highest BCUT2D eigenvalue weighted by molar-refractivity contribution is 5.89. The molecule has 9 nitrogen and oxygen atoms in total. The van der Waals surface area contributed by atoms with Crippen LogP contribution in [0.5, 0.6) is 0 Å². The van der Waals surface area contributed by atoms with Gasteiger partial charge in [-0.2, -0.15) is 25.6 Å². The minimum Gasteiger partial charge on any atom is -0.391 e. The summed E-state index contributed by atoms with van der Waals surface area (Å²) < 4.78 is 1.69. The van der Waals surface area contributed by atoms with E-state index in [-0.39, 0.29) is 0 Å². The topological polar surface area (TPSA) is 121 Å². The van der Waals surface area contributed by atoms with E-state index >= 15 is 0 Å². The Labute approximate surface area is 136 Å². The predicted octanol–water partition coefficient (Wildman–Crippen LogP) is 1.30. The molecule has 3 heterocycles. The number of rotatable bonds is 4. The summed E-state index contributed by atoms with van der Waals surface area (Å²) in [6.07, 6.45) is 1.14. The van der Waals surface area contributed by atoms with Crippen LogP contribution in [0.15, 0.2) is 24.4 Å². The highest BCUT2D eigenvalue weighted by atomic mass is 16.3. The lowest BCUT2D eigenvalue weighted by Crippen LogP contribution is -2.14. The van der Waals surface area contributed by atoms with Gasteiger partial charge in [-0.25, -0.2) is 9.67 Å². The van der Waals surface area contributed by atoms with E-state index in [4.69, 9.17) is 0 Å². The number of hydrogen-bond acceptors (Lipinski definition) is 6. The van der Waals surface area contributed by atoms with Crippen LogP contribution in [-0.4, -0.2) is 51.6 Å². The Hall–Kier alpha value is -3.07. The summed E-state index contributed by atoms with van der Waals surface area (Å²) in [6.45, 7) is 3.95. The van der Waals surface area contributed by atoms with E-state index in [0.29, 0.717) is 23.7 Å². The van der Waals surface area contributed by atoms with Crippen LogP contribution in [-0.2, 0) is 6.54 Å². The van der Waals surface area contributed by atoms with Crippen molar-refractivity contribution in [2.75, 3.05) is 0 Å². The number of aliphatic hydroxyl groups is 1. The number of fused-ring (bicyclic) bond motifs is 1. The molecule has 0 bridgehead atoms. The molecule has 0 radical (unpaired) electrons. The maximum absolute atomic E-state index is 9.80. The average Bonchev–Trinajstić information content (AvgIpc) is 3.25. The summed E-state index contributed by atoms with van der Waals surface area (Å²) >= 11 is 0. The lowest BCUT2D eigenvalue weighted by atomic mass is 10.1. The van der Waals surface area contributed by atoms with Gasteiger partial charge < -0.3 is 5.11 Å². The first kappa shape index (κ1) is 14.5. The second-order valence-electron chi connectivity index (χ2n) is 5.70. The third-order valence-corrected chi connectivity index (χ3v) is 3.77. The van der Waals surface area contributed by atoms with Gasteiger partial charge in [0.25, 0.3) is 0 Å². The number of aryl methyl sites for hydroxylation is 1. The fourth-order valence-corrected chi connectivity index (χ4v) is 2.66. The maximum Gasteiger partial charge on any atom is 0.185 e. The molecule has 0 saturated heterocycles. The van der Waals surface area contributed by atoms with Gasteiger partial charge in [0, 0.05) is 11.3 Å². The molecule has 0 aliphatic heterocycles. The first-order valence-corrected chi connectivity index (χ1v) is 7.56. The average molecular weight is 324 g/mol. The Balaban J connectivity index is 1.92. The standard InChI is InChI=1S/C15H16N8O/c1-8(24)7-23-15(10-4-3-5-12-13(10)20-22-19-12)17-14(21-23)11-6-16-18-9(11)2/h3-6,8,24H,7H2,1-2H3,(H,16,18)(H,19,20,22). The molecular formula is C15H16N8O. The van der Waals surface area contributed by atoms with Crippen molar-refractivity contribution in [2.45, 2.75) is 26.5 Å². The van der Waals surface area contributed by atoms with Gasteiger partial charge in [-0.05, 0) is 26.0 Å². The van der Waals surface area contributed by atoms with Gasteiger partial charge in [-0.3, -0.25) is 5.10 Å². The van der Waals surface area contributed by atoms with Crippen molar-refractivity contribution in [3.05, 3.63) is 30.1 Å². The maximum atomic E-state index is 9.80. The normalized spacial score (nSPS) is 12.8. The molecule has 1 unspecified atom stereocenters. The molecule has 1 atom stereocenters. The zero-order chi connectivity index (χ0) is 16.7. The van der Waals surface area contributed by atoms with Crippen molar-refractivity contribution in [3.8, 4) is 22.8 Å². The van der Waals surface area contributed by atoms with Crippen molar-refractivity contribution >= 4 is 11.0 Å². The van der Waals surface area contributed by atoms with Crippen LogP contribution in [0.25, 0.3) is 33.8 Å². The molecule has 0 aliphatic carbocycles. The molecule has 1 aromatic carbocycles. The molecular weight excluding hydrogens is 308 g/mol. The number of hydrogen-bond donors (Lipinski definition) is 3. The summed E-state index contributed by atoms with van der Waals surface area (Å²) in [5, 5.41) is 32.2. The lowest BCUT2D eigenvalue weighted by Gasteiger charge is -2.07. The SMILES string of the molecule is Cc1[nH]ncc1-c1nc(-c2cccc3n[nH]nc23)n(CC(C)O)n1. The van der Waals surface area contributed by atoms with Crippen LogP contribution in [0.4, 0.5) is 0 Å². The van der Waals surface area contributed by atoms with Gasteiger partial charge in [-0.15, -0.1) is 0 Å². The monoisotopic (exact) mass is 324 g/mol. The smallest absolute Gasteiger partial charge is 0.185 e. The zero-order valence-corrected chi connectivity index (χ0v) is 13.2. The van der Waals surface area contributed by atoms with Crippen LogP contribution in [0, 0.1) is 6.92 Å². The number of para-hydroxylation sites is 1. The summed E-state index contributed by atoms with van der Waals surface area (Å²) in [6, 6.07) is 5.68. The van der Waals surface area contributed by atoms with E-state index < -0.39 is 6.10 Å². The largest absolute Gasteiger partial charge is 0.391 e. The molecule has 0 saturated carbocycles. The molecule has 4 rings (SSSR count). The molecule has 122 valence electrons. The van der Waals surface area contributed by atoms with Gasteiger partial charge in [0.2, 0.25) is 0 Å². The number of aromatic nitrogens is 8. The third kappa shape index (κ3) is 2.35. The minimum absolute atomic E-state index is 0.327. The van der Waals surface area contributed by atoms with Crippen LogP contribution >= 0.6 is 0 Å². The van der Waals surface area contributed by atoms with E-state index in [1.54, 1.807) is 17.8 Å². The van der Waals surface area contributed by atoms with E-state index in [1.807, 2.05) is 25.1 Å². The van der Waals surface area contributed by atoms with Gasteiger partial charge in [0.15, 0.2) is 11.6 Å². The van der Waals surface area contributed by atoms with Crippen LogP contribution in [0.1, 0.15) is 12.6 Å². The summed E-state index contributed by atoms with van der Waals surface area (Å²) in [5.41, 5.74) is 3.98. The van der Waals surface area contributed by atoms with Crippen LogP contribution in [0.3, 0.4) is 0 Å². The number of benzene rings is 1. The Morgan fingerprint density at radius 2 is 2.12 bits per heavy atom. The van der Waals surface area contributed by atoms with E-state index in [0.717, 1.165) is 22.3 Å². The number of nitrogens with zero attached hydrogens (tertiary/aromatic N) is 6. The molecule has 0 amide bonds. The van der Waals surface area contributed by atoms with E-state index in [2.05, 4.69) is 35.7 Å². The fourth-order valence-electron chi connectivity index (χ4n) is 2.66. The molecule has 4 aromatic rings. The molecule has 24 heavy (non-hydrogen) atoms. The number of nitrogens with one attached hydrogen (secondary N) is 2.